The second-order valence-corrected chi connectivity index (χ2v) is 6.24. The van der Waals surface area contributed by atoms with E-state index < -0.39 is 17.5 Å². The highest BCUT2D eigenvalue weighted by molar-refractivity contribution is 5.94. The summed E-state index contributed by atoms with van der Waals surface area (Å²) in [6, 6.07) is 12.6. The Kier molecular flexibility index (Phi) is 5.92. The van der Waals surface area contributed by atoms with Crippen LogP contribution in [0.5, 0.6) is 11.5 Å². The molecule has 0 radical (unpaired) electrons. The second kappa shape index (κ2) is 8.55. The summed E-state index contributed by atoms with van der Waals surface area (Å²) < 4.78 is 24.7. The molecule has 0 saturated heterocycles. The molecule has 3 aromatic rings. The van der Waals surface area contributed by atoms with Gasteiger partial charge in [0.1, 0.15) is 23.4 Å². The van der Waals surface area contributed by atoms with E-state index in [2.05, 4.69) is 10.4 Å². The van der Waals surface area contributed by atoms with Crippen molar-refractivity contribution in [2.24, 2.45) is 0 Å². The van der Waals surface area contributed by atoms with E-state index in [0.29, 0.717) is 28.4 Å². The lowest BCUT2D eigenvalue weighted by Crippen LogP contribution is -2.33. The molecule has 0 aliphatic carbocycles. The first-order valence-electron chi connectivity index (χ1n) is 8.81. The zero-order valence-electron chi connectivity index (χ0n) is 16.2. The minimum absolute atomic E-state index is 0.372. The number of hydrogen-bond donors (Lipinski definition) is 1. The number of hydrogen-bond acceptors (Lipinski definition) is 5. The van der Waals surface area contributed by atoms with Crippen LogP contribution in [0.15, 0.2) is 59.4 Å². The zero-order chi connectivity index (χ0) is 21.0. The van der Waals surface area contributed by atoms with Crippen LogP contribution in [0.2, 0.25) is 0 Å². The van der Waals surface area contributed by atoms with Crippen molar-refractivity contribution in [3.8, 4) is 22.8 Å². The van der Waals surface area contributed by atoms with Gasteiger partial charge in [0.05, 0.1) is 25.6 Å². The fourth-order valence-corrected chi connectivity index (χ4v) is 2.73. The van der Waals surface area contributed by atoms with Crippen LogP contribution in [0.4, 0.5) is 10.1 Å². The Balaban J connectivity index is 1.87. The van der Waals surface area contributed by atoms with Gasteiger partial charge in [-0.15, -0.1) is 0 Å². The molecule has 1 amide bonds. The van der Waals surface area contributed by atoms with E-state index in [4.69, 9.17) is 9.47 Å². The van der Waals surface area contributed by atoms with Crippen LogP contribution in [0, 0.1) is 5.82 Å². The van der Waals surface area contributed by atoms with Crippen LogP contribution < -0.4 is 20.3 Å². The van der Waals surface area contributed by atoms with Gasteiger partial charge >= 0.3 is 0 Å². The molecule has 3 rings (SSSR count). The number of benzene rings is 2. The number of carbonyl (C=O) groups is 1. The summed E-state index contributed by atoms with van der Waals surface area (Å²) in [6.45, 7) is 1.56. The molecule has 0 spiro atoms. The molecule has 8 heteroatoms. The Morgan fingerprint density at radius 1 is 1.07 bits per heavy atom. The van der Waals surface area contributed by atoms with Gasteiger partial charge in [-0.3, -0.25) is 9.59 Å². The molecule has 0 bridgehead atoms. The minimum atomic E-state index is -0.894. The number of anilines is 1. The molecule has 1 atom stereocenters. The largest absolute Gasteiger partial charge is 0.497 e. The Bertz CT molecular complexity index is 1080. The number of nitrogens with zero attached hydrogens (tertiary/aromatic N) is 2. The van der Waals surface area contributed by atoms with Crippen LogP contribution in [-0.2, 0) is 4.79 Å². The van der Waals surface area contributed by atoms with Crippen molar-refractivity contribution < 1.29 is 18.7 Å². The molecule has 7 nitrogen and oxygen atoms in total. The summed E-state index contributed by atoms with van der Waals surface area (Å²) in [5, 5.41) is 7.01. The average Bonchev–Trinajstić information content (AvgIpc) is 2.74. The predicted molar refractivity (Wildman–Crippen MR) is 107 cm³/mol. The maximum absolute atomic E-state index is 13.1. The quantitative estimate of drug-likeness (QED) is 0.690. The molecule has 0 saturated carbocycles. The van der Waals surface area contributed by atoms with Gasteiger partial charge in [-0.05, 0) is 49.4 Å². The van der Waals surface area contributed by atoms with Crippen molar-refractivity contribution in [3.05, 3.63) is 70.8 Å². The first kappa shape index (κ1) is 20.1. The highest BCUT2D eigenvalue weighted by Gasteiger charge is 2.20. The van der Waals surface area contributed by atoms with Gasteiger partial charge in [0.15, 0.2) is 0 Å². The lowest BCUT2D eigenvalue weighted by Gasteiger charge is -2.17. The first-order valence-corrected chi connectivity index (χ1v) is 8.81. The van der Waals surface area contributed by atoms with Gasteiger partial charge in [0.25, 0.3) is 5.56 Å². The van der Waals surface area contributed by atoms with Gasteiger partial charge in [-0.1, -0.05) is 0 Å². The number of ether oxygens (including phenoxy) is 2. The van der Waals surface area contributed by atoms with Crippen LogP contribution in [-0.4, -0.2) is 29.9 Å². The molecule has 1 heterocycles. The number of amides is 1. The predicted octanol–water partition coefficient (Wildman–Crippen LogP) is 3.27. The SMILES string of the molecule is COc1ccc(NC(=O)C(C)n2nc(-c3ccc(F)cc3)ccc2=O)c(OC)c1. The Morgan fingerprint density at radius 3 is 2.45 bits per heavy atom. The van der Waals surface area contributed by atoms with Gasteiger partial charge in [-0.2, -0.15) is 5.10 Å². The Hall–Kier alpha value is -3.68. The second-order valence-electron chi connectivity index (χ2n) is 6.24. The van der Waals surface area contributed by atoms with Crippen molar-refractivity contribution in [2.75, 3.05) is 19.5 Å². The van der Waals surface area contributed by atoms with Crippen molar-refractivity contribution in [3.63, 3.8) is 0 Å². The molecule has 0 fully saturated rings. The lowest BCUT2D eigenvalue weighted by molar-refractivity contribution is -0.119. The summed E-state index contributed by atoms with van der Waals surface area (Å²) in [6.07, 6.45) is 0. The maximum atomic E-state index is 13.1. The van der Waals surface area contributed by atoms with E-state index in [1.54, 1.807) is 37.3 Å². The first-order chi connectivity index (χ1) is 13.9. The van der Waals surface area contributed by atoms with Gasteiger partial charge < -0.3 is 14.8 Å². The topological polar surface area (TPSA) is 82.5 Å². The molecule has 0 aliphatic rings. The van der Waals surface area contributed by atoms with E-state index in [1.165, 1.54) is 38.5 Å². The lowest BCUT2D eigenvalue weighted by atomic mass is 10.1. The van der Waals surface area contributed by atoms with E-state index in [9.17, 15) is 14.0 Å². The molecular weight excluding hydrogens is 377 g/mol. The monoisotopic (exact) mass is 397 g/mol. The molecule has 0 aliphatic heterocycles. The van der Waals surface area contributed by atoms with Gasteiger partial charge in [-0.25, -0.2) is 9.07 Å². The fraction of sp³-hybridized carbons (Fsp3) is 0.190. The van der Waals surface area contributed by atoms with E-state index in [-0.39, 0.29) is 5.82 Å². The third-order valence-corrected chi connectivity index (χ3v) is 4.38. The van der Waals surface area contributed by atoms with Crippen LogP contribution in [0.3, 0.4) is 0 Å². The molecule has 1 N–H and O–H groups in total. The normalized spacial score (nSPS) is 11.6. The highest BCUT2D eigenvalue weighted by Crippen LogP contribution is 2.29. The van der Waals surface area contributed by atoms with Crippen LogP contribution >= 0.6 is 0 Å². The number of aromatic nitrogens is 2. The van der Waals surface area contributed by atoms with Crippen molar-refractivity contribution in [1.29, 1.82) is 0 Å². The number of methoxy groups -OCH3 is 2. The van der Waals surface area contributed by atoms with Gasteiger partial charge in [0, 0.05) is 17.7 Å². The zero-order valence-corrected chi connectivity index (χ0v) is 16.2. The van der Waals surface area contributed by atoms with E-state index in [0.717, 1.165) is 4.68 Å². The summed E-state index contributed by atoms with van der Waals surface area (Å²) in [7, 11) is 3.01. The van der Waals surface area contributed by atoms with E-state index in [1.807, 2.05) is 0 Å². The molecule has 1 aromatic heterocycles. The molecule has 29 heavy (non-hydrogen) atoms. The standard InChI is InChI=1S/C21H20FN3O4/c1-13(21(27)23-18-9-8-16(28-2)12-19(18)29-3)25-20(26)11-10-17(24-25)14-4-6-15(22)7-5-14/h4-13H,1-3H3,(H,23,27). The third-order valence-electron chi connectivity index (χ3n) is 4.38. The van der Waals surface area contributed by atoms with Gasteiger partial charge in [0.2, 0.25) is 5.91 Å². The summed E-state index contributed by atoms with van der Waals surface area (Å²) in [5.41, 5.74) is 1.09. The summed E-state index contributed by atoms with van der Waals surface area (Å²) >= 11 is 0. The Labute approximate surface area is 166 Å². The van der Waals surface area contributed by atoms with Crippen molar-refractivity contribution in [1.82, 2.24) is 9.78 Å². The molecular formula is C21H20FN3O4. The highest BCUT2D eigenvalue weighted by atomic mass is 19.1. The number of carbonyl (C=O) groups excluding carboxylic acids is 1. The maximum Gasteiger partial charge on any atom is 0.267 e. The summed E-state index contributed by atoms with van der Waals surface area (Å²) in [4.78, 5) is 25.0. The van der Waals surface area contributed by atoms with Crippen molar-refractivity contribution >= 4 is 11.6 Å². The molecule has 2 aromatic carbocycles. The fourth-order valence-electron chi connectivity index (χ4n) is 2.73. The number of halogens is 1. The Morgan fingerprint density at radius 2 is 1.79 bits per heavy atom. The van der Waals surface area contributed by atoms with Crippen LogP contribution in [0.1, 0.15) is 13.0 Å². The third kappa shape index (κ3) is 4.43. The smallest absolute Gasteiger partial charge is 0.267 e. The average molecular weight is 397 g/mol. The van der Waals surface area contributed by atoms with E-state index >= 15 is 0 Å². The number of nitrogens with one attached hydrogen (secondary N) is 1. The van der Waals surface area contributed by atoms with Crippen molar-refractivity contribution in [2.45, 2.75) is 13.0 Å². The molecule has 1 unspecified atom stereocenters. The van der Waals surface area contributed by atoms with Crippen LogP contribution in [0.25, 0.3) is 11.3 Å². The number of rotatable bonds is 6. The minimum Gasteiger partial charge on any atom is -0.497 e. The molecule has 150 valence electrons. The summed E-state index contributed by atoms with van der Waals surface area (Å²) in [5.74, 6) is 0.186.